The highest BCUT2D eigenvalue weighted by atomic mass is 16.1. The predicted octanol–water partition coefficient (Wildman–Crippen LogP) is 5.04. The second kappa shape index (κ2) is 7.11. The maximum atomic E-state index is 12.9. The summed E-state index contributed by atoms with van der Waals surface area (Å²) in [4.78, 5) is 21.4. The van der Waals surface area contributed by atoms with Crippen molar-refractivity contribution in [1.82, 2.24) is 9.97 Å². The highest BCUT2D eigenvalue weighted by molar-refractivity contribution is 6.07. The van der Waals surface area contributed by atoms with Crippen LogP contribution in [0.2, 0.25) is 0 Å². The van der Waals surface area contributed by atoms with Crippen LogP contribution in [-0.2, 0) is 0 Å². The Kier molecular flexibility index (Phi) is 4.35. The van der Waals surface area contributed by atoms with Crippen LogP contribution < -0.4 is 0 Å². The number of nitrogens with zero attached hydrogens (tertiary/aromatic N) is 2. The van der Waals surface area contributed by atoms with Crippen LogP contribution in [0, 0.1) is 0 Å². The van der Waals surface area contributed by atoms with E-state index >= 15 is 0 Å². The topological polar surface area (TPSA) is 42.9 Å². The lowest BCUT2D eigenvalue weighted by Gasteiger charge is -2.06. The molecular weight excluding hydrogens is 320 g/mol. The van der Waals surface area contributed by atoms with Gasteiger partial charge < -0.3 is 0 Å². The lowest BCUT2D eigenvalue weighted by atomic mass is 10.0. The van der Waals surface area contributed by atoms with Crippen molar-refractivity contribution in [2.75, 3.05) is 0 Å². The van der Waals surface area contributed by atoms with Crippen LogP contribution in [0.1, 0.15) is 16.2 Å². The molecule has 4 rings (SSSR count). The van der Waals surface area contributed by atoms with Crippen LogP contribution in [-0.4, -0.2) is 15.8 Å². The number of hydrogen-bond donors (Lipinski definition) is 0. The minimum atomic E-state index is -0.180. The molecule has 0 aliphatic heterocycles. The molecule has 2 aromatic heterocycles. The van der Waals surface area contributed by atoms with Crippen LogP contribution in [0.4, 0.5) is 0 Å². The van der Waals surface area contributed by atoms with Gasteiger partial charge in [-0.05, 0) is 46.5 Å². The molecule has 0 amide bonds. The maximum Gasteiger partial charge on any atom is 0.229 e. The van der Waals surface area contributed by atoms with Gasteiger partial charge in [-0.25, -0.2) is 0 Å². The van der Waals surface area contributed by atoms with E-state index in [0.29, 0.717) is 11.4 Å². The van der Waals surface area contributed by atoms with Gasteiger partial charge in [0.1, 0.15) is 11.4 Å². The molecule has 0 N–H and O–H groups in total. The van der Waals surface area contributed by atoms with E-state index in [2.05, 4.69) is 9.97 Å². The fraction of sp³-hybridized carbons (Fsp3) is 0. The maximum absolute atomic E-state index is 12.9. The Balaban J connectivity index is 1.69. The van der Waals surface area contributed by atoms with E-state index in [1.165, 1.54) is 0 Å². The summed E-state index contributed by atoms with van der Waals surface area (Å²) in [6, 6.07) is 27.3. The number of carbonyl (C=O) groups is 1. The van der Waals surface area contributed by atoms with E-state index in [-0.39, 0.29) is 5.78 Å². The zero-order chi connectivity index (χ0) is 17.8. The van der Waals surface area contributed by atoms with E-state index < -0.39 is 0 Å². The summed E-state index contributed by atoms with van der Waals surface area (Å²) in [5, 5.41) is 0. The molecule has 2 heterocycles. The summed E-state index contributed by atoms with van der Waals surface area (Å²) in [6.07, 6.45) is 3.33. The largest absolute Gasteiger partial charge is 0.285 e. The quantitative estimate of drug-likeness (QED) is 0.490. The second-order valence-corrected chi connectivity index (χ2v) is 5.92. The zero-order valence-corrected chi connectivity index (χ0v) is 14.0. The van der Waals surface area contributed by atoms with Gasteiger partial charge in [0, 0.05) is 12.4 Å². The van der Waals surface area contributed by atoms with Crippen molar-refractivity contribution in [3.05, 3.63) is 109 Å². The van der Waals surface area contributed by atoms with E-state index in [0.717, 1.165) is 22.3 Å². The standard InChI is InChI=1S/C23H16N2O/c26-23(21-15-19(11-13-24-21)17-7-3-1-4-8-17)22-16-20(12-14-25-22)18-9-5-2-6-10-18/h1-16H. The minimum Gasteiger partial charge on any atom is -0.285 e. The first-order valence-electron chi connectivity index (χ1n) is 8.39. The average Bonchev–Trinajstić information content (AvgIpc) is 2.75. The molecule has 3 nitrogen and oxygen atoms in total. The van der Waals surface area contributed by atoms with Gasteiger partial charge in [-0.3, -0.25) is 14.8 Å². The third-order valence-electron chi connectivity index (χ3n) is 4.20. The molecule has 4 aromatic rings. The molecule has 0 atom stereocenters. The fourth-order valence-electron chi connectivity index (χ4n) is 2.86. The Morgan fingerprint density at radius 1 is 0.538 bits per heavy atom. The van der Waals surface area contributed by atoms with Gasteiger partial charge in [-0.2, -0.15) is 0 Å². The van der Waals surface area contributed by atoms with Crippen molar-refractivity contribution in [2.24, 2.45) is 0 Å². The van der Waals surface area contributed by atoms with E-state index in [9.17, 15) is 4.79 Å². The minimum absolute atomic E-state index is 0.180. The van der Waals surface area contributed by atoms with Crippen LogP contribution in [0.15, 0.2) is 97.3 Å². The highest BCUT2D eigenvalue weighted by Crippen LogP contribution is 2.22. The highest BCUT2D eigenvalue weighted by Gasteiger charge is 2.14. The Bertz CT molecular complexity index is 959. The first-order valence-corrected chi connectivity index (χ1v) is 8.39. The Morgan fingerprint density at radius 2 is 0.962 bits per heavy atom. The van der Waals surface area contributed by atoms with Crippen molar-refractivity contribution in [3.63, 3.8) is 0 Å². The van der Waals surface area contributed by atoms with Crippen molar-refractivity contribution < 1.29 is 4.79 Å². The second-order valence-electron chi connectivity index (χ2n) is 5.92. The summed E-state index contributed by atoms with van der Waals surface area (Å²) in [5.74, 6) is -0.180. The lowest BCUT2D eigenvalue weighted by molar-refractivity contribution is 0.103. The van der Waals surface area contributed by atoms with Crippen LogP contribution in [0.5, 0.6) is 0 Å². The predicted molar refractivity (Wildman–Crippen MR) is 103 cm³/mol. The van der Waals surface area contributed by atoms with Crippen LogP contribution in [0.3, 0.4) is 0 Å². The van der Waals surface area contributed by atoms with Gasteiger partial charge in [-0.15, -0.1) is 0 Å². The zero-order valence-electron chi connectivity index (χ0n) is 14.0. The number of pyridine rings is 2. The first kappa shape index (κ1) is 15.9. The number of ketones is 1. The molecule has 0 saturated carbocycles. The summed E-state index contributed by atoms with van der Waals surface area (Å²) in [5.41, 5.74) is 4.81. The molecule has 3 heteroatoms. The number of rotatable bonds is 4. The van der Waals surface area contributed by atoms with Crippen LogP contribution >= 0.6 is 0 Å². The van der Waals surface area contributed by atoms with Gasteiger partial charge >= 0.3 is 0 Å². The molecular formula is C23H16N2O. The Hall–Kier alpha value is -3.59. The molecule has 2 aromatic carbocycles. The summed E-state index contributed by atoms with van der Waals surface area (Å²) < 4.78 is 0. The van der Waals surface area contributed by atoms with Crippen molar-refractivity contribution in [2.45, 2.75) is 0 Å². The molecule has 0 unspecified atom stereocenters. The van der Waals surface area contributed by atoms with E-state index in [1.807, 2.05) is 84.9 Å². The van der Waals surface area contributed by atoms with Gasteiger partial charge in [0.2, 0.25) is 5.78 Å². The first-order chi connectivity index (χ1) is 12.8. The molecule has 0 bridgehead atoms. The van der Waals surface area contributed by atoms with Gasteiger partial charge in [0.25, 0.3) is 0 Å². The normalized spacial score (nSPS) is 10.5. The van der Waals surface area contributed by atoms with Crippen molar-refractivity contribution >= 4 is 5.78 Å². The van der Waals surface area contributed by atoms with E-state index in [4.69, 9.17) is 0 Å². The molecule has 26 heavy (non-hydrogen) atoms. The number of benzene rings is 2. The fourth-order valence-corrected chi connectivity index (χ4v) is 2.86. The summed E-state index contributed by atoms with van der Waals surface area (Å²) in [7, 11) is 0. The smallest absolute Gasteiger partial charge is 0.229 e. The SMILES string of the molecule is O=C(c1cc(-c2ccccc2)ccn1)c1cc(-c2ccccc2)ccn1. The molecule has 0 aliphatic carbocycles. The van der Waals surface area contributed by atoms with Gasteiger partial charge in [-0.1, -0.05) is 60.7 Å². The lowest BCUT2D eigenvalue weighted by Crippen LogP contribution is -2.06. The summed E-state index contributed by atoms with van der Waals surface area (Å²) in [6.45, 7) is 0. The number of carbonyl (C=O) groups excluding carboxylic acids is 1. The number of hydrogen-bond acceptors (Lipinski definition) is 3. The van der Waals surface area contributed by atoms with Gasteiger partial charge in [0.05, 0.1) is 0 Å². The average molecular weight is 336 g/mol. The molecule has 0 fully saturated rings. The molecule has 0 aliphatic rings. The molecule has 0 saturated heterocycles. The third kappa shape index (κ3) is 3.28. The number of aromatic nitrogens is 2. The van der Waals surface area contributed by atoms with Crippen molar-refractivity contribution in [3.8, 4) is 22.3 Å². The third-order valence-corrected chi connectivity index (χ3v) is 4.20. The Labute approximate surface area is 152 Å². The summed E-state index contributed by atoms with van der Waals surface area (Å²) >= 11 is 0. The van der Waals surface area contributed by atoms with Gasteiger partial charge in [0.15, 0.2) is 0 Å². The molecule has 124 valence electrons. The molecule has 0 radical (unpaired) electrons. The monoisotopic (exact) mass is 336 g/mol. The van der Waals surface area contributed by atoms with Crippen molar-refractivity contribution in [1.29, 1.82) is 0 Å². The Morgan fingerprint density at radius 3 is 1.38 bits per heavy atom. The van der Waals surface area contributed by atoms with Crippen LogP contribution in [0.25, 0.3) is 22.3 Å². The van der Waals surface area contributed by atoms with E-state index in [1.54, 1.807) is 12.4 Å². The molecule has 0 spiro atoms.